The number of amides is 1. The molecule has 0 heterocycles. The third-order valence-corrected chi connectivity index (χ3v) is 2.51. The highest BCUT2D eigenvalue weighted by atomic mass is 16.5. The van der Waals surface area contributed by atoms with Crippen LogP contribution in [0.5, 0.6) is 0 Å². The Balaban J connectivity index is 3.54. The third kappa shape index (κ3) is 11.8. The summed E-state index contributed by atoms with van der Waals surface area (Å²) < 4.78 is 10.7. The minimum absolute atomic E-state index is 0.0317. The molecule has 112 valence electrons. The first kappa shape index (κ1) is 18.0. The van der Waals surface area contributed by atoms with Crippen LogP contribution in [0.15, 0.2) is 0 Å². The number of rotatable bonds is 12. The summed E-state index contributed by atoms with van der Waals surface area (Å²) in [5.74, 6) is -0.0776. The molecule has 0 spiro atoms. The largest absolute Gasteiger partial charge is 0.396 e. The predicted molar refractivity (Wildman–Crippen MR) is 70.8 cm³/mol. The molecular formula is C13H25NO5. The topological polar surface area (TPSA) is 84.9 Å². The maximum absolute atomic E-state index is 11.4. The molecule has 1 amide bonds. The molecule has 0 aliphatic rings. The lowest BCUT2D eigenvalue weighted by Gasteiger charge is -2.15. The van der Waals surface area contributed by atoms with Gasteiger partial charge >= 0.3 is 0 Å². The molecule has 6 heteroatoms. The average Bonchev–Trinajstić information content (AvgIpc) is 2.36. The predicted octanol–water partition coefficient (Wildman–Crippen LogP) is 0.274. The molecular weight excluding hydrogens is 250 g/mol. The van der Waals surface area contributed by atoms with E-state index in [9.17, 15) is 9.59 Å². The standard InChI is InChI=1S/C13H25NO5/c1-11(19-9-7-16)4-8-18-12(2)10-13(17)14-5-3-6-15/h7,11-12,15H,3-6,8-10H2,1-2H3,(H,14,17). The molecule has 0 fully saturated rings. The molecule has 0 aliphatic carbocycles. The number of aliphatic hydroxyl groups excluding tert-OH is 1. The fraction of sp³-hybridized carbons (Fsp3) is 0.846. The molecule has 0 saturated carbocycles. The van der Waals surface area contributed by atoms with Gasteiger partial charge in [-0.3, -0.25) is 4.79 Å². The van der Waals surface area contributed by atoms with Crippen LogP contribution in [-0.2, 0) is 19.1 Å². The highest BCUT2D eigenvalue weighted by Crippen LogP contribution is 2.02. The van der Waals surface area contributed by atoms with Crippen molar-refractivity contribution in [2.24, 2.45) is 0 Å². The summed E-state index contributed by atoms with van der Waals surface area (Å²) >= 11 is 0. The highest BCUT2D eigenvalue weighted by molar-refractivity contribution is 5.76. The van der Waals surface area contributed by atoms with Crippen molar-refractivity contribution in [1.29, 1.82) is 0 Å². The summed E-state index contributed by atoms with van der Waals surface area (Å²) in [6.07, 6.45) is 2.07. The van der Waals surface area contributed by atoms with E-state index in [0.717, 1.165) is 6.29 Å². The van der Waals surface area contributed by atoms with Crippen LogP contribution in [0.4, 0.5) is 0 Å². The summed E-state index contributed by atoms with van der Waals surface area (Å²) in [6, 6.07) is 0. The second kappa shape index (κ2) is 12.1. The third-order valence-electron chi connectivity index (χ3n) is 2.51. The summed E-state index contributed by atoms with van der Waals surface area (Å²) in [6.45, 7) is 4.86. The van der Waals surface area contributed by atoms with Gasteiger partial charge in [0.25, 0.3) is 0 Å². The summed E-state index contributed by atoms with van der Waals surface area (Å²) in [5.41, 5.74) is 0. The first-order valence-corrected chi connectivity index (χ1v) is 6.64. The van der Waals surface area contributed by atoms with Crippen LogP contribution < -0.4 is 5.32 Å². The van der Waals surface area contributed by atoms with Gasteiger partial charge in [0.15, 0.2) is 0 Å². The number of aldehydes is 1. The molecule has 0 aliphatic heterocycles. The number of ether oxygens (including phenoxy) is 2. The van der Waals surface area contributed by atoms with Crippen LogP contribution in [0.3, 0.4) is 0 Å². The monoisotopic (exact) mass is 275 g/mol. The van der Waals surface area contributed by atoms with Gasteiger partial charge in [-0.15, -0.1) is 0 Å². The van der Waals surface area contributed by atoms with Gasteiger partial charge in [0.1, 0.15) is 12.9 Å². The zero-order chi connectivity index (χ0) is 14.5. The molecule has 0 aromatic carbocycles. The van der Waals surface area contributed by atoms with Crippen LogP contribution in [0.2, 0.25) is 0 Å². The fourth-order valence-electron chi connectivity index (χ4n) is 1.42. The Labute approximate surface area is 114 Å². The molecule has 19 heavy (non-hydrogen) atoms. The Bertz CT molecular complexity index is 247. The smallest absolute Gasteiger partial charge is 0.222 e. The van der Waals surface area contributed by atoms with Crippen LogP contribution in [0.25, 0.3) is 0 Å². The van der Waals surface area contributed by atoms with Gasteiger partial charge in [-0.2, -0.15) is 0 Å². The Morgan fingerprint density at radius 1 is 1.32 bits per heavy atom. The highest BCUT2D eigenvalue weighted by Gasteiger charge is 2.10. The van der Waals surface area contributed by atoms with E-state index in [2.05, 4.69) is 5.32 Å². The number of aliphatic hydroxyl groups is 1. The Kier molecular flexibility index (Phi) is 11.5. The summed E-state index contributed by atoms with van der Waals surface area (Å²) in [7, 11) is 0. The molecule has 0 saturated heterocycles. The van der Waals surface area contributed by atoms with Crippen LogP contribution in [-0.4, -0.2) is 55.9 Å². The zero-order valence-corrected chi connectivity index (χ0v) is 11.8. The SMILES string of the molecule is CC(CCOC(C)CC(=O)NCCCO)OCC=O. The van der Waals surface area contributed by atoms with Crippen molar-refractivity contribution in [3.8, 4) is 0 Å². The van der Waals surface area contributed by atoms with Crippen molar-refractivity contribution >= 4 is 12.2 Å². The van der Waals surface area contributed by atoms with E-state index in [1.165, 1.54) is 0 Å². The van der Waals surface area contributed by atoms with Crippen LogP contribution >= 0.6 is 0 Å². The average molecular weight is 275 g/mol. The van der Waals surface area contributed by atoms with Gasteiger partial charge in [0, 0.05) is 19.8 Å². The zero-order valence-electron chi connectivity index (χ0n) is 11.8. The Morgan fingerprint density at radius 3 is 2.68 bits per heavy atom. The van der Waals surface area contributed by atoms with Gasteiger partial charge in [-0.25, -0.2) is 0 Å². The first-order chi connectivity index (χ1) is 9.10. The van der Waals surface area contributed by atoms with E-state index in [1.807, 2.05) is 13.8 Å². The van der Waals surface area contributed by atoms with Crippen LogP contribution in [0, 0.1) is 0 Å². The van der Waals surface area contributed by atoms with Crippen molar-refractivity contribution in [3.63, 3.8) is 0 Å². The van der Waals surface area contributed by atoms with Crippen LogP contribution in [0.1, 0.15) is 33.1 Å². The lowest BCUT2D eigenvalue weighted by atomic mass is 10.2. The molecule has 0 radical (unpaired) electrons. The van der Waals surface area contributed by atoms with Crippen molar-refractivity contribution < 1.29 is 24.2 Å². The first-order valence-electron chi connectivity index (χ1n) is 6.64. The van der Waals surface area contributed by atoms with E-state index < -0.39 is 0 Å². The minimum Gasteiger partial charge on any atom is -0.396 e. The number of carbonyl (C=O) groups excluding carboxylic acids is 2. The van der Waals surface area contributed by atoms with Gasteiger partial charge in [-0.05, 0) is 26.7 Å². The minimum atomic E-state index is -0.160. The molecule has 2 atom stereocenters. The second-order valence-corrected chi connectivity index (χ2v) is 4.41. The summed E-state index contributed by atoms with van der Waals surface area (Å²) in [4.78, 5) is 21.5. The van der Waals surface area contributed by atoms with Crippen molar-refractivity contribution in [2.45, 2.75) is 45.3 Å². The van der Waals surface area contributed by atoms with Crippen molar-refractivity contribution in [3.05, 3.63) is 0 Å². The second-order valence-electron chi connectivity index (χ2n) is 4.41. The molecule has 0 rings (SSSR count). The van der Waals surface area contributed by atoms with E-state index in [0.29, 0.717) is 32.4 Å². The van der Waals surface area contributed by atoms with Gasteiger partial charge in [0.05, 0.1) is 18.6 Å². The number of carbonyl (C=O) groups is 2. The Hall–Kier alpha value is -0.980. The van der Waals surface area contributed by atoms with Gasteiger partial charge in [0.2, 0.25) is 5.91 Å². The van der Waals surface area contributed by atoms with Gasteiger partial charge in [-0.1, -0.05) is 0 Å². The number of hydrogen-bond donors (Lipinski definition) is 2. The van der Waals surface area contributed by atoms with Crippen molar-refractivity contribution in [2.75, 3.05) is 26.4 Å². The molecule has 0 aromatic rings. The fourth-order valence-corrected chi connectivity index (χ4v) is 1.42. The normalized spacial score (nSPS) is 13.8. The molecule has 2 unspecified atom stereocenters. The van der Waals surface area contributed by atoms with Gasteiger partial charge < -0.3 is 24.7 Å². The van der Waals surface area contributed by atoms with E-state index in [-0.39, 0.29) is 31.3 Å². The van der Waals surface area contributed by atoms with Crippen molar-refractivity contribution in [1.82, 2.24) is 5.32 Å². The molecule has 2 N–H and O–H groups in total. The Morgan fingerprint density at radius 2 is 2.05 bits per heavy atom. The lowest BCUT2D eigenvalue weighted by Crippen LogP contribution is -2.29. The number of hydrogen-bond acceptors (Lipinski definition) is 5. The molecule has 0 bridgehead atoms. The maximum Gasteiger partial charge on any atom is 0.222 e. The quantitative estimate of drug-likeness (QED) is 0.394. The summed E-state index contributed by atoms with van der Waals surface area (Å²) in [5, 5.41) is 11.3. The molecule has 0 aromatic heterocycles. The van der Waals surface area contributed by atoms with E-state index in [1.54, 1.807) is 0 Å². The molecule has 6 nitrogen and oxygen atoms in total. The lowest BCUT2D eigenvalue weighted by molar-refractivity contribution is -0.124. The number of nitrogens with one attached hydrogen (secondary N) is 1. The van der Waals surface area contributed by atoms with E-state index in [4.69, 9.17) is 14.6 Å². The maximum atomic E-state index is 11.4. The van der Waals surface area contributed by atoms with E-state index >= 15 is 0 Å².